The molecule has 70 valence electrons. The molecule has 0 aliphatic carbocycles. The fraction of sp³-hybridized carbons (Fsp3) is 0.0833. The van der Waals surface area contributed by atoms with E-state index in [9.17, 15) is 4.79 Å². The van der Waals surface area contributed by atoms with Gasteiger partial charge in [0.05, 0.1) is 0 Å². The first-order valence-electron chi connectivity index (χ1n) is 4.41. The van der Waals surface area contributed by atoms with Crippen LogP contribution in [0.1, 0.15) is 21.5 Å². The van der Waals surface area contributed by atoms with Crippen molar-refractivity contribution in [3.63, 3.8) is 0 Å². The number of ketones is 1. The summed E-state index contributed by atoms with van der Waals surface area (Å²) in [6.07, 6.45) is 0. The van der Waals surface area contributed by atoms with Crippen molar-refractivity contribution in [3.05, 3.63) is 57.8 Å². The van der Waals surface area contributed by atoms with Gasteiger partial charge < -0.3 is 0 Å². The molecule has 0 saturated heterocycles. The third kappa shape index (κ3) is 1.75. The van der Waals surface area contributed by atoms with Gasteiger partial charge in [-0.05, 0) is 18.4 Å². The maximum absolute atomic E-state index is 11.8. The molecule has 0 bridgehead atoms. The van der Waals surface area contributed by atoms with Crippen molar-refractivity contribution in [3.8, 4) is 0 Å². The topological polar surface area (TPSA) is 17.1 Å². The summed E-state index contributed by atoms with van der Waals surface area (Å²) >= 11 is 1.54. The van der Waals surface area contributed by atoms with E-state index in [0.29, 0.717) is 0 Å². The molecule has 0 N–H and O–H groups in total. The van der Waals surface area contributed by atoms with Gasteiger partial charge in [0, 0.05) is 16.5 Å². The SMILES string of the molecule is Cc1ccc(C(=O)c2ccsc2)cc1. The van der Waals surface area contributed by atoms with Crippen LogP contribution in [0.3, 0.4) is 0 Å². The van der Waals surface area contributed by atoms with Crippen molar-refractivity contribution in [2.45, 2.75) is 6.92 Å². The summed E-state index contributed by atoms with van der Waals surface area (Å²) in [5.74, 6) is 0.103. The molecule has 0 unspecified atom stereocenters. The average molecular weight is 202 g/mol. The normalized spacial score (nSPS) is 10.1. The molecule has 2 rings (SSSR count). The van der Waals surface area contributed by atoms with Crippen LogP contribution in [0.5, 0.6) is 0 Å². The minimum atomic E-state index is 0.103. The largest absolute Gasteiger partial charge is 0.289 e. The van der Waals surface area contributed by atoms with Gasteiger partial charge in [-0.1, -0.05) is 29.8 Å². The Morgan fingerprint density at radius 3 is 2.36 bits per heavy atom. The lowest BCUT2D eigenvalue weighted by Crippen LogP contribution is -1.98. The predicted octanol–water partition coefficient (Wildman–Crippen LogP) is 3.29. The Labute approximate surface area is 87.0 Å². The van der Waals surface area contributed by atoms with E-state index >= 15 is 0 Å². The van der Waals surface area contributed by atoms with Crippen LogP contribution in [0.4, 0.5) is 0 Å². The van der Waals surface area contributed by atoms with Gasteiger partial charge in [0.2, 0.25) is 0 Å². The van der Waals surface area contributed by atoms with E-state index in [-0.39, 0.29) is 5.78 Å². The minimum Gasteiger partial charge on any atom is -0.289 e. The Hall–Kier alpha value is -1.41. The van der Waals surface area contributed by atoms with E-state index < -0.39 is 0 Å². The molecule has 0 atom stereocenters. The molecule has 1 aromatic heterocycles. The first kappa shape index (κ1) is 9.16. The van der Waals surface area contributed by atoms with Gasteiger partial charge in [0.1, 0.15) is 0 Å². The van der Waals surface area contributed by atoms with Gasteiger partial charge >= 0.3 is 0 Å². The summed E-state index contributed by atoms with van der Waals surface area (Å²) in [4.78, 5) is 11.8. The summed E-state index contributed by atoms with van der Waals surface area (Å²) in [6, 6.07) is 9.51. The summed E-state index contributed by atoms with van der Waals surface area (Å²) in [7, 11) is 0. The number of hydrogen-bond acceptors (Lipinski definition) is 2. The molecule has 0 saturated carbocycles. The van der Waals surface area contributed by atoms with Gasteiger partial charge in [-0.25, -0.2) is 0 Å². The number of benzene rings is 1. The second kappa shape index (κ2) is 3.76. The van der Waals surface area contributed by atoms with Gasteiger partial charge in [0.15, 0.2) is 5.78 Å². The van der Waals surface area contributed by atoms with Crippen molar-refractivity contribution >= 4 is 17.1 Å². The Bertz CT molecular complexity index is 426. The zero-order valence-corrected chi connectivity index (χ0v) is 8.67. The maximum atomic E-state index is 11.8. The standard InChI is InChI=1S/C12H10OS/c1-9-2-4-10(5-3-9)12(13)11-6-7-14-8-11/h2-8H,1H3. The van der Waals surface area contributed by atoms with Crippen molar-refractivity contribution in [2.24, 2.45) is 0 Å². The second-order valence-electron chi connectivity index (χ2n) is 3.21. The van der Waals surface area contributed by atoms with Gasteiger partial charge in [-0.15, -0.1) is 0 Å². The summed E-state index contributed by atoms with van der Waals surface area (Å²) in [5.41, 5.74) is 2.71. The monoisotopic (exact) mass is 202 g/mol. The summed E-state index contributed by atoms with van der Waals surface area (Å²) in [5, 5.41) is 3.80. The van der Waals surface area contributed by atoms with E-state index in [4.69, 9.17) is 0 Å². The van der Waals surface area contributed by atoms with Crippen LogP contribution >= 0.6 is 11.3 Å². The van der Waals surface area contributed by atoms with E-state index in [1.54, 1.807) is 11.3 Å². The number of carbonyl (C=O) groups is 1. The van der Waals surface area contributed by atoms with E-state index in [1.807, 2.05) is 48.0 Å². The minimum absolute atomic E-state index is 0.103. The second-order valence-corrected chi connectivity index (χ2v) is 3.99. The van der Waals surface area contributed by atoms with E-state index in [2.05, 4.69) is 0 Å². The quantitative estimate of drug-likeness (QED) is 0.683. The highest BCUT2D eigenvalue weighted by Gasteiger charge is 2.07. The summed E-state index contributed by atoms with van der Waals surface area (Å²) < 4.78 is 0. The molecular formula is C12H10OS. The molecule has 2 heteroatoms. The molecule has 0 fully saturated rings. The third-order valence-electron chi connectivity index (χ3n) is 2.10. The van der Waals surface area contributed by atoms with Gasteiger partial charge in [-0.2, -0.15) is 11.3 Å². The highest BCUT2D eigenvalue weighted by atomic mass is 32.1. The molecule has 14 heavy (non-hydrogen) atoms. The lowest BCUT2D eigenvalue weighted by Gasteiger charge is -1.98. The smallest absolute Gasteiger partial charge is 0.193 e. The first-order chi connectivity index (χ1) is 6.77. The van der Waals surface area contributed by atoms with E-state index in [1.165, 1.54) is 5.56 Å². The van der Waals surface area contributed by atoms with Crippen LogP contribution in [0.2, 0.25) is 0 Å². The van der Waals surface area contributed by atoms with Crippen LogP contribution in [0.15, 0.2) is 41.1 Å². The molecule has 0 aliphatic rings. The molecule has 0 aliphatic heterocycles. The molecular weight excluding hydrogens is 192 g/mol. The molecule has 1 heterocycles. The fourth-order valence-corrected chi connectivity index (χ4v) is 1.90. The predicted molar refractivity (Wildman–Crippen MR) is 58.9 cm³/mol. The van der Waals surface area contributed by atoms with Crippen LogP contribution < -0.4 is 0 Å². The van der Waals surface area contributed by atoms with Crippen molar-refractivity contribution in [2.75, 3.05) is 0 Å². The zero-order valence-electron chi connectivity index (χ0n) is 7.86. The first-order valence-corrected chi connectivity index (χ1v) is 5.35. The van der Waals surface area contributed by atoms with Crippen LogP contribution in [-0.4, -0.2) is 5.78 Å². The number of rotatable bonds is 2. The third-order valence-corrected chi connectivity index (χ3v) is 2.78. The molecule has 0 spiro atoms. The van der Waals surface area contributed by atoms with E-state index in [0.717, 1.165) is 11.1 Å². The molecule has 0 amide bonds. The van der Waals surface area contributed by atoms with Crippen LogP contribution in [0.25, 0.3) is 0 Å². The Morgan fingerprint density at radius 2 is 1.79 bits per heavy atom. The van der Waals surface area contributed by atoms with Crippen molar-refractivity contribution in [1.82, 2.24) is 0 Å². The zero-order chi connectivity index (χ0) is 9.97. The molecule has 1 nitrogen and oxygen atoms in total. The number of carbonyl (C=O) groups excluding carboxylic acids is 1. The molecule has 2 aromatic rings. The number of aryl methyl sites for hydroxylation is 1. The van der Waals surface area contributed by atoms with Crippen molar-refractivity contribution in [1.29, 1.82) is 0 Å². The highest BCUT2D eigenvalue weighted by molar-refractivity contribution is 7.08. The Kier molecular flexibility index (Phi) is 2.46. The average Bonchev–Trinajstić information content (AvgIpc) is 2.71. The van der Waals surface area contributed by atoms with Crippen LogP contribution in [-0.2, 0) is 0 Å². The van der Waals surface area contributed by atoms with Crippen molar-refractivity contribution < 1.29 is 4.79 Å². The number of thiophene rings is 1. The maximum Gasteiger partial charge on any atom is 0.193 e. The Balaban J connectivity index is 2.33. The van der Waals surface area contributed by atoms with Crippen LogP contribution in [0, 0.1) is 6.92 Å². The Morgan fingerprint density at radius 1 is 1.07 bits per heavy atom. The molecule has 1 aromatic carbocycles. The highest BCUT2D eigenvalue weighted by Crippen LogP contribution is 2.13. The lowest BCUT2D eigenvalue weighted by atomic mass is 10.1. The number of hydrogen-bond donors (Lipinski definition) is 0. The van der Waals surface area contributed by atoms with Gasteiger partial charge in [-0.3, -0.25) is 4.79 Å². The molecule has 0 radical (unpaired) electrons. The lowest BCUT2D eigenvalue weighted by molar-refractivity contribution is 0.103. The fourth-order valence-electron chi connectivity index (χ4n) is 1.27. The van der Waals surface area contributed by atoms with Gasteiger partial charge in [0.25, 0.3) is 0 Å². The summed E-state index contributed by atoms with van der Waals surface area (Å²) in [6.45, 7) is 2.01.